The number of oxime groups is 1. The zero-order valence-electron chi connectivity index (χ0n) is 8.05. The lowest BCUT2D eigenvalue weighted by Crippen LogP contribution is -2.29. The maximum atomic E-state index is 10.6. The number of hydrogen-bond donors (Lipinski definition) is 0. The van der Waals surface area contributed by atoms with Crippen LogP contribution < -0.4 is 0 Å². The molecule has 0 N–H and O–H groups in total. The first kappa shape index (κ1) is 9.23. The summed E-state index contributed by atoms with van der Waals surface area (Å²) < 4.78 is 0. The molecule has 0 fully saturated rings. The predicted octanol–water partition coefficient (Wildman–Crippen LogP) is 1.77. The van der Waals surface area contributed by atoms with Crippen molar-refractivity contribution in [3.05, 3.63) is 0 Å². The van der Waals surface area contributed by atoms with E-state index in [-0.39, 0.29) is 5.41 Å². The van der Waals surface area contributed by atoms with E-state index in [1.54, 1.807) is 6.92 Å². The van der Waals surface area contributed by atoms with Gasteiger partial charge in [0.05, 0.1) is 5.71 Å². The molecule has 1 unspecified atom stereocenters. The van der Waals surface area contributed by atoms with E-state index in [0.717, 1.165) is 12.0 Å². The number of carbonyl (C=O) groups excluding carboxylic acids is 1. The molecular formula is C9H15NO2. The maximum Gasteiger partial charge on any atom is 0.194 e. The molecule has 3 nitrogen and oxygen atoms in total. The third kappa shape index (κ3) is 1.65. The first-order chi connectivity index (χ1) is 5.37. The molecular weight excluding hydrogens is 154 g/mol. The standard InChI is InChI=1S/C9H15NO2/c1-8(2,3)7-5-9(4,6-11)12-10-7/h6H,5H2,1-4H3. The molecule has 3 heteroatoms. The summed E-state index contributed by atoms with van der Waals surface area (Å²) in [6.07, 6.45) is 1.43. The number of nitrogens with zero attached hydrogens (tertiary/aromatic N) is 1. The molecule has 1 heterocycles. The second-order valence-corrected chi connectivity index (χ2v) is 4.49. The molecule has 0 saturated heterocycles. The van der Waals surface area contributed by atoms with Gasteiger partial charge in [-0.2, -0.15) is 0 Å². The highest BCUT2D eigenvalue weighted by molar-refractivity contribution is 5.93. The van der Waals surface area contributed by atoms with Crippen LogP contribution in [0.1, 0.15) is 34.1 Å². The van der Waals surface area contributed by atoms with Crippen LogP contribution in [-0.2, 0) is 9.63 Å². The van der Waals surface area contributed by atoms with Gasteiger partial charge in [-0.1, -0.05) is 25.9 Å². The largest absolute Gasteiger partial charge is 0.381 e. The Bertz CT molecular complexity index is 227. The van der Waals surface area contributed by atoms with E-state index in [0.29, 0.717) is 6.42 Å². The van der Waals surface area contributed by atoms with Crippen LogP contribution in [-0.4, -0.2) is 17.6 Å². The Balaban J connectivity index is 2.72. The maximum absolute atomic E-state index is 10.6. The molecule has 0 aliphatic carbocycles. The molecule has 1 rings (SSSR count). The van der Waals surface area contributed by atoms with Crippen LogP contribution in [0.25, 0.3) is 0 Å². The first-order valence-electron chi connectivity index (χ1n) is 4.09. The van der Waals surface area contributed by atoms with Gasteiger partial charge >= 0.3 is 0 Å². The van der Waals surface area contributed by atoms with Crippen LogP contribution in [0.3, 0.4) is 0 Å². The van der Waals surface area contributed by atoms with Crippen LogP contribution in [0.5, 0.6) is 0 Å². The van der Waals surface area contributed by atoms with Gasteiger partial charge in [-0.15, -0.1) is 0 Å². The zero-order valence-corrected chi connectivity index (χ0v) is 8.05. The van der Waals surface area contributed by atoms with Gasteiger partial charge in [-0.05, 0) is 6.92 Å². The van der Waals surface area contributed by atoms with E-state index in [4.69, 9.17) is 4.84 Å². The van der Waals surface area contributed by atoms with Crippen molar-refractivity contribution in [2.45, 2.75) is 39.7 Å². The molecule has 0 aromatic carbocycles. The summed E-state index contributed by atoms with van der Waals surface area (Å²) in [5, 5.41) is 3.92. The van der Waals surface area contributed by atoms with Gasteiger partial charge in [0.1, 0.15) is 0 Å². The average Bonchev–Trinajstić information content (AvgIpc) is 2.32. The first-order valence-corrected chi connectivity index (χ1v) is 4.09. The minimum absolute atomic E-state index is 0.000764. The van der Waals surface area contributed by atoms with Crippen molar-refractivity contribution in [1.29, 1.82) is 0 Å². The van der Waals surface area contributed by atoms with Gasteiger partial charge in [-0.3, -0.25) is 4.79 Å². The Labute approximate surface area is 72.8 Å². The molecule has 0 aromatic rings. The fourth-order valence-electron chi connectivity index (χ4n) is 1.02. The lowest BCUT2D eigenvalue weighted by Gasteiger charge is -2.18. The van der Waals surface area contributed by atoms with E-state index in [1.807, 2.05) is 0 Å². The molecule has 0 bridgehead atoms. The van der Waals surface area contributed by atoms with Crippen LogP contribution in [0.2, 0.25) is 0 Å². The molecule has 1 aliphatic rings. The van der Waals surface area contributed by atoms with E-state index in [2.05, 4.69) is 25.9 Å². The molecule has 12 heavy (non-hydrogen) atoms. The van der Waals surface area contributed by atoms with Crippen molar-refractivity contribution >= 4 is 12.0 Å². The third-order valence-electron chi connectivity index (χ3n) is 2.00. The summed E-state index contributed by atoms with van der Waals surface area (Å²) >= 11 is 0. The van der Waals surface area contributed by atoms with Crippen molar-refractivity contribution < 1.29 is 9.63 Å². The summed E-state index contributed by atoms with van der Waals surface area (Å²) in [5.41, 5.74) is 0.237. The summed E-state index contributed by atoms with van der Waals surface area (Å²) in [5.74, 6) is 0. The minimum Gasteiger partial charge on any atom is -0.381 e. The van der Waals surface area contributed by atoms with Crippen molar-refractivity contribution in [2.75, 3.05) is 0 Å². The van der Waals surface area contributed by atoms with Crippen LogP contribution >= 0.6 is 0 Å². The van der Waals surface area contributed by atoms with E-state index in [9.17, 15) is 4.79 Å². The fraction of sp³-hybridized carbons (Fsp3) is 0.778. The molecule has 0 radical (unpaired) electrons. The van der Waals surface area contributed by atoms with Crippen LogP contribution in [0.15, 0.2) is 5.16 Å². The van der Waals surface area contributed by atoms with Crippen LogP contribution in [0.4, 0.5) is 0 Å². The number of carbonyl (C=O) groups is 1. The molecule has 0 spiro atoms. The minimum atomic E-state index is -0.720. The predicted molar refractivity (Wildman–Crippen MR) is 47.1 cm³/mol. The van der Waals surface area contributed by atoms with E-state index < -0.39 is 5.60 Å². The molecule has 0 aromatic heterocycles. The second-order valence-electron chi connectivity index (χ2n) is 4.49. The van der Waals surface area contributed by atoms with Gasteiger partial charge in [0, 0.05) is 11.8 Å². The second kappa shape index (κ2) is 2.57. The van der Waals surface area contributed by atoms with E-state index >= 15 is 0 Å². The van der Waals surface area contributed by atoms with E-state index in [1.165, 1.54) is 0 Å². The zero-order chi connectivity index (χ0) is 9.41. The highest BCUT2D eigenvalue weighted by Gasteiger charge is 2.38. The average molecular weight is 169 g/mol. The summed E-state index contributed by atoms with van der Waals surface area (Å²) in [6, 6.07) is 0. The molecule has 68 valence electrons. The monoisotopic (exact) mass is 169 g/mol. The Morgan fingerprint density at radius 2 is 2.17 bits per heavy atom. The third-order valence-corrected chi connectivity index (χ3v) is 2.00. The lowest BCUT2D eigenvalue weighted by atomic mass is 9.84. The van der Waals surface area contributed by atoms with Crippen molar-refractivity contribution in [3.8, 4) is 0 Å². The number of rotatable bonds is 1. The molecule has 1 aliphatic heterocycles. The number of hydrogen-bond acceptors (Lipinski definition) is 3. The molecule has 0 saturated carbocycles. The summed E-state index contributed by atoms with van der Waals surface area (Å²) in [4.78, 5) is 15.7. The molecule has 0 amide bonds. The summed E-state index contributed by atoms with van der Waals surface area (Å²) in [6.45, 7) is 7.94. The van der Waals surface area contributed by atoms with Crippen LogP contribution in [0, 0.1) is 5.41 Å². The SMILES string of the molecule is CC1(C=O)CC(C(C)(C)C)=NO1. The van der Waals surface area contributed by atoms with Gasteiger partial charge in [0.15, 0.2) is 11.9 Å². The summed E-state index contributed by atoms with van der Waals surface area (Å²) in [7, 11) is 0. The topological polar surface area (TPSA) is 38.7 Å². The smallest absolute Gasteiger partial charge is 0.194 e. The van der Waals surface area contributed by atoms with Gasteiger partial charge in [-0.25, -0.2) is 0 Å². The normalized spacial score (nSPS) is 29.5. The lowest BCUT2D eigenvalue weighted by molar-refractivity contribution is -0.125. The Morgan fingerprint density at radius 1 is 1.58 bits per heavy atom. The van der Waals surface area contributed by atoms with Gasteiger partial charge in [0.2, 0.25) is 0 Å². The van der Waals surface area contributed by atoms with Gasteiger partial charge in [0.25, 0.3) is 0 Å². The molecule has 1 atom stereocenters. The highest BCUT2D eigenvalue weighted by Crippen LogP contribution is 2.30. The number of aldehydes is 1. The Hall–Kier alpha value is -0.860. The van der Waals surface area contributed by atoms with Gasteiger partial charge < -0.3 is 4.84 Å². The van der Waals surface area contributed by atoms with Crippen molar-refractivity contribution in [3.63, 3.8) is 0 Å². The highest BCUT2D eigenvalue weighted by atomic mass is 16.7. The van der Waals surface area contributed by atoms with Crippen molar-refractivity contribution in [2.24, 2.45) is 10.6 Å². The Kier molecular flexibility index (Phi) is 1.98. The fourth-order valence-corrected chi connectivity index (χ4v) is 1.02. The Morgan fingerprint density at radius 3 is 2.42 bits per heavy atom. The quantitative estimate of drug-likeness (QED) is 0.561. The van der Waals surface area contributed by atoms with Crippen molar-refractivity contribution in [1.82, 2.24) is 0 Å².